The van der Waals surface area contributed by atoms with E-state index in [4.69, 9.17) is 11.6 Å². The van der Waals surface area contributed by atoms with E-state index in [0.29, 0.717) is 10.7 Å². The van der Waals surface area contributed by atoms with Crippen molar-refractivity contribution < 1.29 is 14.4 Å². The molecule has 2 N–H and O–H groups in total. The predicted octanol–water partition coefficient (Wildman–Crippen LogP) is 4.20. The Balaban J connectivity index is 1.18. The lowest BCUT2D eigenvalue weighted by Crippen LogP contribution is -2.42. The largest absolute Gasteiger partial charge is 0.325 e. The average molecular weight is 552 g/mol. The Morgan fingerprint density at radius 2 is 1.70 bits per heavy atom. The number of fused-ring (bicyclic) bond motifs is 9. The number of rotatable bonds is 4. The Labute approximate surface area is 225 Å². The molecule has 0 spiro atoms. The van der Waals surface area contributed by atoms with Gasteiger partial charge in [-0.15, -0.1) is 11.8 Å². The first-order valence-corrected chi connectivity index (χ1v) is 14.3. The summed E-state index contributed by atoms with van der Waals surface area (Å²) in [5.41, 5.74) is 1.69. The standard InChI is InChI=1S/C27H22ClN3O4S2/c28-13-6-8-14(9-7-13)29-17(32)11-31-25(33)20-15-10-16(21(20)26(31)34)22-19(15)18(12-4-2-1-3-5-12)23-24(36-22)30-27(35)37-23/h1-9,15-16,18-22H,10-11H2,(H,29,32)(H,30,35). The van der Waals surface area contributed by atoms with E-state index in [-0.39, 0.29) is 52.2 Å². The van der Waals surface area contributed by atoms with Crippen molar-refractivity contribution in [1.29, 1.82) is 0 Å². The summed E-state index contributed by atoms with van der Waals surface area (Å²) >= 11 is 8.83. The third kappa shape index (κ3) is 3.55. The normalized spacial score (nSPS) is 31.3. The van der Waals surface area contributed by atoms with Gasteiger partial charge >= 0.3 is 4.87 Å². The number of aromatic nitrogens is 1. The fourth-order valence-electron chi connectivity index (χ4n) is 7.15. The number of carbonyl (C=O) groups is 3. The maximum atomic E-state index is 13.6. The van der Waals surface area contributed by atoms with E-state index in [0.717, 1.165) is 26.8 Å². The van der Waals surface area contributed by atoms with Crippen LogP contribution in [0.2, 0.25) is 5.02 Å². The molecule has 2 saturated carbocycles. The van der Waals surface area contributed by atoms with Gasteiger partial charge in [-0.25, -0.2) is 0 Å². The van der Waals surface area contributed by atoms with Gasteiger partial charge in [-0.05, 0) is 54.0 Å². The van der Waals surface area contributed by atoms with Crippen molar-refractivity contribution in [3.05, 3.63) is 79.7 Å². The van der Waals surface area contributed by atoms with Crippen molar-refractivity contribution in [2.45, 2.75) is 22.6 Å². The number of aromatic amines is 1. The van der Waals surface area contributed by atoms with Gasteiger partial charge in [0.05, 0.1) is 16.9 Å². The van der Waals surface area contributed by atoms with Crippen molar-refractivity contribution in [3.63, 3.8) is 0 Å². The SMILES string of the molecule is O=C(CN1C(=O)C2C3CC(C2C1=O)C1C(c2ccccc2)c2sc(=O)[nH]c2SC31)Nc1ccc(Cl)cc1. The van der Waals surface area contributed by atoms with Crippen LogP contribution in [0.15, 0.2) is 64.4 Å². The molecule has 3 heterocycles. The topological polar surface area (TPSA) is 99.3 Å². The lowest BCUT2D eigenvalue weighted by atomic mass is 9.68. The summed E-state index contributed by atoms with van der Waals surface area (Å²) < 4.78 is 0. The van der Waals surface area contributed by atoms with Crippen molar-refractivity contribution >= 4 is 58.1 Å². The summed E-state index contributed by atoms with van der Waals surface area (Å²) in [6.45, 7) is -0.294. The number of anilines is 1. The van der Waals surface area contributed by atoms with Crippen LogP contribution < -0.4 is 10.2 Å². The van der Waals surface area contributed by atoms with Gasteiger partial charge in [-0.1, -0.05) is 53.3 Å². The number of hydrogen-bond donors (Lipinski definition) is 2. The van der Waals surface area contributed by atoms with Crippen LogP contribution in [-0.4, -0.2) is 39.4 Å². The number of nitrogens with one attached hydrogen (secondary N) is 2. The Bertz CT molecular complexity index is 1490. The van der Waals surface area contributed by atoms with Crippen LogP contribution in [0.3, 0.4) is 0 Å². The molecule has 1 aromatic heterocycles. The number of nitrogens with zero attached hydrogens (tertiary/aromatic N) is 1. The molecule has 7 nitrogen and oxygen atoms in total. The van der Waals surface area contributed by atoms with Gasteiger partial charge in [0.1, 0.15) is 6.54 Å². The molecule has 2 aliphatic carbocycles. The van der Waals surface area contributed by atoms with E-state index in [9.17, 15) is 19.2 Å². The Morgan fingerprint density at radius 1 is 1.00 bits per heavy atom. The van der Waals surface area contributed by atoms with Gasteiger partial charge in [0.25, 0.3) is 0 Å². The number of amides is 3. The molecule has 4 aliphatic rings. The summed E-state index contributed by atoms with van der Waals surface area (Å²) in [4.78, 5) is 57.4. The van der Waals surface area contributed by atoms with Crippen LogP contribution >= 0.6 is 34.7 Å². The number of thiazole rings is 1. The molecular formula is C27H22ClN3O4S2. The lowest BCUT2D eigenvalue weighted by Gasteiger charge is -2.43. The van der Waals surface area contributed by atoms with E-state index in [2.05, 4.69) is 22.4 Å². The van der Waals surface area contributed by atoms with Gasteiger partial charge in [0.15, 0.2) is 0 Å². The number of H-pyrrole nitrogens is 1. The minimum Gasteiger partial charge on any atom is -0.325 e. The zero-order valence-electron chi connectivity index (χ0n) is 19.4. The summed E-state index contributed by atoms with van der Waals surface area (Å²) in [7, 11) is 0. The van der Waals surface area contributed by atoms with Crippen molar-refractivity contribution in [1.82, 2.24) is 9.88 Å². The molecule has 10 heteroatoms. The molecule has 188 valence electrons. The maximum absolute atomic E-state index is 13.6. The van der Waals surface area contributed by atoms with Crippen molar-refractivity contribution in [2.75, 3.05) is 11.9 Å². The molecule has 1 saturated heterocycles. The van der Waals surface area contributed by atoms with Crippen LogP contribution in [0.5, 0.6) is 0 Å². The first-order valence-electron chi connectivity index (χ1n) is 12.3. The van der Waals surface area contributed by atoms with E-state index < -0.39 is 17.7 Å². The monoisotopic (exact) mass is 551 g/mol. The van der Waals surface area contributed by atoms with Gasteiger partial charge in [0, 0.05) is 26.8 Å². The van der Waals surface area contributed by atoms with E-state index in [1.807, 2.05) is 18.2 Å². The first-order chi connectivity index (χ1) is 17.9. The molecule has 7 unspecified atom stereocenters. The molecule has 7 rings (SSSR count). The molecule has 0 radical (unpaired) electrons. The molecule has 3 amide bonds. The minimum absolute atomic E-state index is 0.00695. The van der Waals surface area contributed by atoms with Crippen LogP contribution in [0, 0.1) is 29.6 Å². The molecule has 2 aromatic carbocycles. The molecule has 3 fully saturated rings. The number of imide groups is 1. The summed E-state index contributed by atoms with van der Waals surface area (Å²) in [6, 6.07) is 16.8. The zero-order chi connectivity index (χ0) is 25.4. The highest BCUT2D eigenvalue weighted by Gasteiger charge is 2.69. The molecule has 3 aromatic rings. The maximum Gasteiger partial charge on any atom is 0.305 e. The summed E-state index contributed by atoms with van der Waals surface area (Å²) in [5.74, 6) is -1.48. The highest BCUT2D eigenvalue weighted by Crippen LogP contribution is 2.68. The Kier molecular flexibility index (Phi) is 5.39. The third-order valence-corrected chi connectivity index (χ3v) is 11.2. The van der Waals surface area contributed by atoms with Crippen molar-refractivity contribution in [3.8, 4) is 0 Å². The van der Waals surface area contributed by atoms with Gasteiger partial charge in [-0.3, -0.25) is 24.1 Å². The second-order valence-electron chi connectivity index (χ2n) is 10.2. The van der Waals surface area contributed by atoms with Crippen LogP contribution in [0.4, 0.5) is 5.69 Å². The van der Waals surface area contributed by atoms with Crippen LogP contribution in [0.25, 0.3) is 0 Å². The summed E-state index contributed by atoms with van der Waals surface area (Å²) in [5, 5.41) is 4.33. The molecular weight excluding hydrogens is 530 g/mol. The lowest BCUT2D eigenvalue weighted by molar-refractivity contribution is -0.143. The number of hydrogen-bond acceptors (Lipinski definition) is 6. The first kappa shape index (κ1) is 23.3. The highest BCUT2D eigenvalue weighted by molar-refractivity contribution is 8.00. The predicted molar refractivity (Wildman–Crippen MR) is 142 cm³/mol. The zero-order valence-corrected chi connectivity index (χ0v) is 21.8. The summed E-state index contributed by atoms with van der Waals surface area (Å²) in [6.07, 6.45) is 0.822. The van der Waals surface area contributed by atoms with E-state index >= 15 is 0 Å². The van der Waals surface area contributed by atoms with Crippen molar-refractivity contribution in [2.24, 2.45) is 29.6 Å². The van der Waals surface area contributed by atoms with Crippen LogP contribution in [-0.2, 0) is 14.4 Å². The van der Waals surface area contributed by atoms with Crippen LogP contribution in [0.1, 0.15) is 22.8 Å². The Morgan fingerprint density at radius 3 is 2.43 bits per heavy atom. The molecule has 2 aliphatic heterocycles. The van der Waals surface area contributed by atoms with E-state index in [1.165, 1.54) is 11.3 Å². The fraction of sp³-hybridized carbons (Fsp3) is 0.333. The highest BCUT2D eigenvalue weighted by atomic mass is 35.5. The van der Waals surface area contributed by atoms with E-state index in [1.54, 1.807) is 36.0 Å². The fourth-order valence-corrected chi connectivity index (χ4v) is 10.2. The molecule has 2 bridgehead atoms. The second kappa shape index (κ2) is 8.58. The number of carbonyl (C=O) groups excluding carboxylic acids is 3. The average Bonchev–Trinajstić information content (AvgIpc) is 3.62. The second-order valence-corrected chi connectivity index (χ2v) is 12.8. The molecule has 37 heavy (non-hydrogen) atoms. The number of benzene rings is 2. The quantitative estimate of drug-likeness (QED) is 0.473. The smallest absolute Gasteiger partial charge is 0.305 e. The van der Waals surface area contributed by atoms with Gasteiger partial charge in [-0.2, -0.15) is 0 Å². The Hall–Kier alpha value is -2.88. The molecule has 7 atom stereocenters. The van der Waals surface area contributed by atoms with Gasteiger partial charge < -0.3 is 10.3 Å². The number of halogens is 1. The van der Waals surface area contributed by atoms with Gasteiger partial charge in [0.2, 0.25) is 17.7 Å². The number of likely N-dealkylation sites (tertiary alicyclic amines) is 1. The number of thioether (sulfide) groups is 1. The minimum atomic E-state index is -0.412. The third-order valence-electron chi connectivity index (χ3n) is 8.40.